The fourth-order valence-corrected chi connectivity index (χ4v) is 1.44. The molecule has 0 heterocycles. The van der Waals surface area contributed by atoms with Gasteiger partial charge in [-0.15, -0.1) is 0 Å². The number of halogens is 3. The van der Waals surface area contributed by atoms with Crippen LogP contribution >= 0.6 is 0 Å². The molecule has 0 unspecified atom stereocenters. The van der Waals surface area contributed by atoms with Crippen LogP contribution in [0.1, 0.15) is 18.4 Å². The highest BCUT2D eigenvalue weighted by atomic mass is 19.4. The fraction of sp³-hybridized carbons (Fsp3) is 0.333. The van der Waals surface area contributed by atoms with E-state index in [4.69, 9.17) is 0 Å². The van der Waals surface area contributed by atoms with Crippen LogP contribution in [0.5, 0.6) is 0 Å². The van der Waals surface area contributed by atoms with Crippen LogP contribution in [0.3, 0.4) is 0 Å². The van der Waals surface area contributed by atoms with Crippen molar-refractivity contribution in [2.24, 2.45) is 0 Å². The van der Waals surface area contributed by atoms with Gasteiger partial charge in [0.05, 0.1) is 5.56 Å². The van der Waals surface area contributed by atoms with Crippen LogP contribution in [-0.2, 0) is 15.8 Å². The van der Waals surface area contributed by atoms with E-state index in [-0.39, 0.29) is 11.7 Å². The first-order valence-electron chi connectivity index (χ1n) is 5.65. The Labute approximate surface area is 107 Å². The average molecular weight is 272 g/mol. The van der Waals surface area contributed by atoms with Gasteiger partial charge in [0.25, 0.3) is 0 Å². The maximum atomic E-state index is 12.5. The van der Waals surface area contributed by atoms with E-state index in [1.165, 1.54) is 6.07 Å². The number of hydrogen-bond donors (Lipinski definition) is 2. The molecule has 2 rings (SSSR count). The molecule has 7 heteroatoms. The first kappa shape index (κ1) is 13.4. The summed E-state index contributed by atoms with van der Waals surface area (Å²) in [5.41, 5.74) is -0.946. The van der Waals surface area contributed by atoms with Crippen molar-refractivity contribution in [1.82, 2.24) is 5.32 Å². The van der Waals surface area contributed by atoms with Crippen molar-refractivity contribution in [2.75, 3.05) is 5.32 Å². The third-order valence-electron chi connectivity index (χ3n) is 2.57. The molecule has 2 amide bonds. The lowest BCUT2D eigenvalue weighted by molar-refractivity contribution is -0.137. The third-order valence-corrected chi connectivity index (χ3v) is 2.57. The minimum atomic E-state index is -4.49. The predicted molar refractivity (Wildman–Crippen MR) is 61.2 cm³/mol. The Hall–Kier alpha value is -2.05. The number of anilines is 1. The summed E-state index contributed by atoms with van der Waals surface area (Å²) in [5, 5.41) is 4.58. The van der Waals surface area contributed by atoms with Gasteiger partial charge in [-0.3, -0.25) is 9.59 Å². The summed E-state index contributed by atoms with van der Waals surface area (Å²) in [7, 11) is 0. The molecule has 4 nitrogen and oxygen atoms in total. The predicted octanol–water partition coefficient (Wildman–Crippen LogP) is 1.92. The molecule has 1 fully saturated rings. The summed E-state index contributed by atoms with van der Waals surface area (Å²) in [6, 6.07) is 4.14. The molecule has 1 aliphatic rings. The Bertz CT molecular complexity index is 510. The number of rotatable bonds is 2. The lowest BCUT2D eigenvalue weighted by Gasteiger charge is -2.09. The Balaban J connectivity index is 2.02. The first-order chi connectivity index (χ1) is 8.86. The molecule has 0 bridgehead atoms. The van der Waals surface area contributed by atoms with Crippen LogP contribution < -0.4 is 10.6 Å². The van der Waals surface area contributed by atoms with E-state index in [2.05, 4.69) is 10.6 Å². The number of carbonyl (C=O) groups is 2. The van der Waals surface area contributed by atoms with Crippen molar-refractivity contribution in [3.8, 4) is 0 Å². The minimum Gasteiger partial charge on any atom is -0.345 e. The van der Waals surface area contributed by atoms with Crippen molar-refractivity contribution in [3.05, 3.63) is 29.8 Å². The van der Waals surface area contributed by atoms with Crippen LogP contribution in [0.25, 0.3) is 0 Å². The van der Waals surface area contributed by atoms with E-state index < -0.39 is 23.6 Å². The summed E-state index contributed by atoms with van der Waals surface area (Å²) < 4.78 is 37.4. The molecule has 0 aromatic heterocycles. The molecule has 0 atom stereocenters. The fourth-order valence-electron chi connectivity index (χ4n) is 1.44. The zero-order chi connectivity index (χ0) is 14.0. The largest absolute Gasteiger partial charge is 0.416 e. The first-order valence-corrected chi connectivity index (χ1v) is 5.65. The molecule has 1 aromatic carbocycles. The Morgan fingerprint density at radius 3 is 2.42 bits per heavy atom. The Morgan fingerprint density at radius 1 is 1.16 bits per heavy atom. The number of benzene rings is 1. The minimum absolute atomic E-state index is 0.0137. The second kappa shape index (κ2) is 4.91. The van der Waals surface area contributed by atoms with Gasteiger partial charge in [-0.25, -0.2) is 0 Å². The monoisotopic (exact) mass is 272 g/mol. The van der Waals surface area contributed by atoms with Crippen molar-refractivity contribution in [3.63, 3.8) is 0 Å². The zero-order valence-electron chi connectivity index (χ0n) is 9.75. The van der Waals surface area contributed by atoms with E-state index in [1.54, 1.807) is 0 Å². The zero-order valence-corrected chi connectivity index (χ0v) is 9.75. The lowest BCUT2D eigenvalue weighted by Crippen LogP contribution is -2.36. The van der Waals surface area contributed by atoms with Gasteiger partial charge in [0.1, 0.15) is 0 Å². The van der Waals surface area contributed by atoms with Crippen LogP contribution in [0.15, 0.2) is 24.3 Å². The van der Waals surface area contributed by atoms with Crippen molar-refractivity contribution >= 4 is 17.5 Å². The molecule has 1 saturated carbocycles. The molecule has 0 radical (unpaired) electrons. The number of nitrogens with one attached hydrogen (secondary N) is 2. The summed E-state index contributed by atoms with van der Waals surface area (Å²) in [6.45, 7) is 0. The van der Waals surface area contributed by atoms with E-state index in [0.29, 0.717) is 0 Å². The van der Waals surface area contributed by atoms with Gasteiger partial charge in [-0.2, -0.15) is 13.2 Å². The smallest absolute Gasteiger partial charge is 0.345 e. The summed E-state index contributed by atoms with van der Waals surface area (Å²) >= 11 is 0. The number of alkyl halides is 3. The normalized spacial score (nSPS) is 14.9. The van der Waals surface area contributed by atoms with E-state index in [9.17, 15) is 22.8 Å². The quantitative estimate of drug-likeness (QED) is 0.808. The van der Waals surface area contributed by atoms with Gasteiger partial charge in [0.15, 0.2) is 0 Å². The third kappa shape index (κ3) is 3.70. The molecule has 0 aliphatic heterocycles. The highest BCUT2D eigenvalue weighted by Crippen LogP contribution is 2.30. The standard InChI is InChI=1S/C12H11F3N2O2/c13-12(14,15)7-2-1-3-9(6-7)17-11(19)10(18)16-8-4-5-8/h1-3,6,8H,4-5H2,(H,16,18)(H,17,19). The van der Waals surface area contributed by atoms with Crippen molar-refractivity contribution in [2.45, 2.75) is 25.1 Å². The maximum absolute atomic E-state index is 12.5. The van der Waals surface area contributed by atoms with Gasteiger partial charge in [-0.1, -0.05) is 6.07 Å². The van der Waals surface area contributed by atoms with Gasteiger partial charge in [0, 0.05) is 11.7 Å². The topological polar surface area (TPSA) is 58.2 Å². The highest BCUT2D eigenvalue weighted by molar-refractivity contribution is 6.39. The summed E-state index contributed by atoms with van der Waals surface area (Å²) in [5.74, 6) is -1.80. The highest BCUT2D eigenvalue weighted by Gasteiger charge is 2.31. The second-order valence-electron chi connectivity index (χ2n) is 4.28. The van der Waals surface area contributed by atoms with Gasteiger partial charge in [-0.05, 0) is 31.0 Å². The van der Waals surface area contributed by atoms with Crippen molar-refractivity contribution in [1.29, 1.82) is 0 Å². The number of carbonyl (C=O) groups excluding carboxylic acids is 2. The molecule has 1 aromatic rings. The van der Waals surface area contributed by atoms with E-state index in [0.717, 1.165) is 31.0 Å². The number of hydrogen-bond acceptors (Lipinski definition) is 2. The Morgan fingerprint density at radius 2 is 1.84 bits per heavy atom. The number of amides is 2. The second-order valence-corrected chi connectivity index (χ2v) is 4.28. The molecule has 0 saturated heterocycles. The summed E-state index contributed by atoms with van der Waals surface area (Å²) in [4.78, 5) is 22.8. The van der Waals surface area contributed by atoms with Crippen molar-refractivity contribution < 1.29 is 22.8 Å². The van der Waals surface area contributed by atoms with E-state index in [1.807, 2.05) is 0 Å². The molecule has 2 N–H and O–H groups in total. The van der Waals surface area contributed by atoms with Gasteiger partial charge >= 0.3 is 18.0 Å². The van der Waals surface area contributed by atoms with Crippen LogP contribution in [0.4, 0.5) is 18.9 Å². The average Bonchev–Trinajstić information content (AvgIpc) is 3.12. The summed E-state index contributed by atoms with van der Waals surface area (Å²) in [6.07, 6.45) is -2.85. The Kier molecular flexibility index (Phi) is 3.46. The van der Waals surface area contributed by atoms with E-state index >= 15 is 0 Å². The molecular formula is C12H11F3N2O2. The lowest BCUT2D eigenvalue weighted by atomic mass is 10.2. The molecule has 1 aliphatic carbocycles. The molecule has 0 spiro atoms. The molecular weight excluding hydrogens is 261 g/mol. The van der Waals surface area contributed by atoms with Gasteiger partial charge in [0.2, 0.25) is 0 Å². The van der Waals surface area contributed by atoms with Crippen LogP contribution in [0.2, 0.25) is 0 Å². The molecule has 19 heavy (non-hydrogen) atoms. The van der Waals surface area contributed by atoms with Gasteiger partial charge < -0.3 is 10.6 Å². The SMILES string of the molecule is O=C(Nc1cccc(C(F)(F)F)c1)C(=O)NC1CC1. The maximum Gasteiger partial charge on any atom is 0.416 e. The van der Waals surface area contributed by atoms with Crippen LogP contribution in [-0.4, -0.2) is 17.9 Å². The van der Waals surface area contributed by atoms with Crippen LogP contribution in [0, 0.1) is 0 Å². The molecule has 102 valence electrons.